The third-order valence-corrected chi connectivity index (χ3v) is 6.31. The van der Waals surface area contributed by atoms with Gasteiger partial charge in [-0.1, -0.05) is 70.5 Å². The molecular formula is C26H21BrO3. The number of halogens is 1. The van der Waals surface area contributed by atoms with Crippen molar-refractivity contribution in [2.24, 2.45) is 0 Å². The molecular weight excluding hydrogens is 440 g/mol. The zero-order valence-corrected chi connectivity index (χ0v) is 17.9. The Morgan fingerprint density at radius 1 is 0.933 bits per heavy atom. The van der Waals surface area contributed by atoms with Crippen molar-refractivity contribution in [2.75, 3.05) is 13.2 Å². The third-order valence-electron chi connectivity index (χ3n) is 5.82. The summed E-state index contributed by atoms with van der Waals surface area (Å²) >= 11 is 3.55. The van der Waals surface area contributed by atoms with Gasteiger partial charge >= 0.3 is 0 Å². The van der Waals surface area contributed by atoms with Gasteiger partial charge < -0.3 is 14.6 Å². The van der Waals surface area contributed by atoms with E-state index in [1.807, 2.05) is 66.7 Å². The van der Waals surface area contributed by atoms with Crippen LogP contribution < -0.4 is 9.47 Å². The molecule has 0 aliphatic carbocycles. The fourth-order valence-electron chi connectivity index (χ4n) is 4.22. The number of hydrogen-bond acceptors (Lipinski definition) is 3. The van der Waals surface area contributed by atoms with Crippen LogP contribution in [0.5, 0.6) is 11.5 Å². The summed E-state index contributed by atoms with van der Waals surface area (Å²) in [5.74, 6) is 1.64. The monoisotopic (exact) mass is 460 g/mol. The van der Waals surface area contributed by atoms with Crippen molar-refractivity contribution in [3.05, 3.63) is 106 Å². The number of ether oxygens (including phenoxy) is 2. The molecule has 4 aromatic rings. The maximum Gasteiger partial charge on any atom is 0.124 e. The van der Waals surface area contributed by atoms with Crippen molar-refractivity contribution in [3.63, 3.8) is 0 Å². The predicted molar refractivity (Wildman–Crippen MR) is 122 cm³/mol. The van der Waals surface area contributed by atoms with Gasteiger partial charge in [0.15, 0.2) is 0 Å². The molecule has 4 aromatic carbocycles. The van der Waals surface area contributed by atoms with E-state index in [-0.39, 0.29) is 6.61 Å². The summed E-state index contributed by atoms with van der Waals surface area (Å²) in [6.45, 7) is 0.911. The molecule has 4 heteroatoms. The summed E-state index contributed by atoms with van der Waals surface area (Å²) in [7, 11) is 0. The lowest BCUT2D eigenvalue weighted by Gasteiger charge is -2.27. The molecule has 3 nitrogen and oxygen atoms in total. The Labute approximate surface area is 184 Å². The van der Waals surface area contributed by atoms with Crippen LogP contribution in [0, 0.1) is 0 Å². The summed E-state index contributed by atoms with van der Waals surface area (Å²) in [5.41, 5.74) is 2.60. The molecule has 0 spiro atoms. The largest absolute Gasteiger partial charge is 0.492 e. The average molecular weight is 461 g/mol. The Balaban J connectivity index is 1.49. The Morgan fingerprint density at radius 3 is 2.50 bits per heavy atom. The Kier molecular flexibility index (Phi) is 4.97. The first-order valence-electron chi connectivity index (χ1n) is 9.93. The van der Waals surface area contributed by atoms with E-state index in [0.29, 0.717) is 13.2 Å². The second kappa shape index (κ2) is 7.78. The summed E-state index contributed by atoms with van der Waals surface area (Å²) < 4.78 is 13.0. The van der Waals surface area contributed by atoms with Gasteiger partial charge in [-0.15, -0.1) is 0 Å². The molecule has 0 aromatic heterocycles. The minimum absolute atomic E-state index is 0.0284. The van der Waals surface area contributed by atoms with E-state index in [4.69, 9.17) is 9.47 Å². The molecule has 1 N–H and O–H groups in total. The molecule has 0 amide bonds. The maximum absolute atomic E-state index is 10.5. The van der Waals surface area contributed by atoms with Crippen LogP contribution in [0.15, 0.2) is 89.4 Å². The summed E-state index contributed by atoms with van der Waals surface area (Å²) in [4.78, 5) is 0. The van der Waals surface area contributed by atoms with E-state index in [1.54, 1.807) is 0 Å². The zero-order valence-electron chi connectivity index (χ0n) is 16.3. The quantitative estimate of drug-likeness (QED) is 0.405. The minimum atomic E-state index is -0.597. The topological polar surface area (TPSA) is 38.7 Å². The van der Waals surface area contributed by atoms with Gasteiger partial charge in [0, 0.05) is 10.0 Å². The Bertz CT molecular complexity index is 1190. The van der Waals surface area contributed by atoms with Crippen molar-refractivity contribution >= 4 is 26.7 Å². The predicted octanol–water partition coefficient (Wildman–Crippen LogP) is 5.85. The fourth-order valence-corrected chi connectivity index (χ4v) is 4.60. The highest BCUT2D eigenvalue weighted by molar-refractivity contribution is 9.10. The number of aliphatic hydroxyl groups excluding tert-OH is 1. The standard InChI is InChI=1S/C26H21BrO3/c27-21-9-12-23-19(14-21)6-13-24-25(23)26(16-28,17-30-24)20-7-10-22(11-8-20)29-15-18-4-2-1-3-5-18/h1-14,28H,15-17H2/t26-/m0/s1. The average Bonchev–Trinajstić information content (AvgIpc) is 3.19. The molecule has 0 saturated heterocycles. The second-order valence-electron chi connectivity index (χ2n) is 7.63. The highest BCUT2D eigenvalue weighted by Crippen LogP contribution is 2.47. The molecule has 0 unspecified atom stereocenters. The molecule has 150 valence electrons. The van der Waals surface area contributed by atoms with Gasteiger partial charge in [0.25, 0.3) is 0 Å². The van der Waals surface area contributed by atoms with Crippen LogP contribution in [0.1, 0.15) is 16.7 Å². The van der Waals surface area contributed by atoms with Crippen LogP contribution in [0.3, 0.4) is 0 Å². The van der Waals surface area contributed by atoms with E-state index < -0.39 is 5.41 Å². The van der Waals surface area contributed by atoms with Crippen molar-refractivity contribution < 1.29 is 14.6 Å². The lowest BCUT2D eigenvalue weighted by molar-refractivity contribution is 0.185. The van der Waals surface area contributed by atoms with Crippen molar-refractivity contribution in [1.29, 1.82) is 0 Å². The molecule has 0 radical (unpaired) electrons. The Morgan fingerprint density at radius 2 is 1.73 bits per heavy atom. The number of fused-ring (bicyclic) bond motifs is 3. The number of aliphatic hydroxyl groups is 1. The SMILES string of the molecule is OC[C@@]1(c2ccc(OCc3ccccc3)cc2)COc2ccc3cc(Br)ccc3c21. The molecule has 0 saturated carbocycles. The first-order valence-corrected chi connectivity index (χ1v) is 10.7. The van der Waals surface area contributed by atoms with Gasteiger partial charge in [-0.05, 0) is 52.2 Å². The first-order chi connectivity index (χ1) is 14.7. The van der Waals surface area contributed by atoms with Crippen LogP contribution in [0.4, 0.5) is 0 Å². The second-order valence-corrected chi connectivity index (χ2v) is 8.55. The number of hydrogen-bond donors (Lipinski definition) is 1. The van der Waals surface area contributed by atoms with E-state index in [1.165, 1.54) is 0 Å². The Hall–Kier alpha value is -2.82. The number of rotatable bonds is 5. The van der Waals surface area contributed by atoms with Crippen LogP contribution in [0.2, 0.25) is 0 Å². The molecule has 1 aliphatic rings. The van der Waals surface area contributed by atoms with Crippen molar-refractivity contribution in [1.82, 2.24) is 0 Å². The zero-order chi connectivity index (χ0) is 20.6. The smallest absolute Gasteiger partial charge is 0.124 e. The molecule has 5 rings (SSSR count). The molecule has 1 atom stereocenters. The van der Waals surface area contributed by atoms with Crippen LogP contribution in [-0.2, 0) is 12.0 Å². The normalized spacial score (nSPS) is 17.5. The fraction of sp³-hybridized carbons (Fsp3) is 0.154. The van der Waals surface area contributed by atoms with Crippen LogP contribution in [-0.4, -0.2) is 18.3 Å². The van der Waals surface area contributed by atoms with E-state index >= 15 is 0 Å². The van der Waals surface area contributed by atoms with Crippen molar-refractivity contribution in [3.8, 4) is 11.5 Å². The van der Waals surface area contributed by atoms with Crippen LogP contribution in [0.25, 0.3) is 10.8 Å². The van der Waals surface area contributed by atoms with Gasteiger partial charge in [-0.25, -0.2) is 0 Å². The van der Waals surface area contributed by atoms with Gasteiger partial charge in [0.2, 0.25) is 0 Å². The van der Waals surface area contributed by atoms with E-state index in [0.717, 1.165) is 43.4 Å². The van der Waals surface area contributed by atoms with Gasteiger partial charge in [-0.3, -0.25) is 0 Å². The van der Waals surface area contributed by atoms with Crippen molar-refractivity contribution in [2.45, 2.75) is 12.0 Å². The van der Waals surface area contributed by atoms with Gasteiger partial charge in [0.05, 0.1) is 12.0 Å². The van der Waals surface area contributed by atoms with E-state index in [2.05, 4.69) is 34.1 Å². The summed E-state index contributed by atoms with van der Waals surface area (Å²) in [5, 5.41) is 12.8. The third kappa shape index (κ3) is 3.26. The number of benzene rings is 4. The van der Waals surface area contributed by atoms with Gasteiger partial charge in [0.1, 0.15) is 24.7 Å². The summed E-state index contributed by atoms with van der Waals surface area (Å²) in [6, 6.07) is 28.4. The summed E-state index contributed by atoms with van der Waals surface area (Å²) in [6.07, 6.45) is 0. The lowest BCUT2D eigenvalue weighted by Crippen LogP contribution is -2.34. The maximum atomic E-state index is 10.5. The molecule has 1 aliphatic heterocycles. The van der Waals surface area contributed by atoms with E-state index in [9.17, 15) is 5.11 Å². The van der Waals surface area contributed by atoms with Gasteiger partial charge in [-0.2, -0.15) is 0 Å². The molecule has 30 heavy (non-hydrogen) atoms. The molecule has 0 bridgehead atoms. The molecule has 0 fully saturated rings. The highest BCUT2D eigenvalue weighted by Gasteiger charge is 2.43. The minimum Gasteiger partial charge on any atom is -0.492 e. The van der Waals surface area contributed by atoms with Crippen LogP contribution >= 0.6 is 15.9 Å². The first kappa shape index (κ1) is 19.2. The highest BCUT2D eigenvalue weighted by atomic mass is 79.9. The molecule has 1 heterocycles. The lowest BCUT2D eigenvalue weighted by atomic mass is 9.75.